The zero-order valence-corrected chi connectivity index (χ0v) is 21.4. The molecule has 0 aliphatic carbocycles. The molecule has 1 aliphatic rings. The number of aliphatic hydroxyl groups excluding tert-OH is 1. The molecule has 0 bridgehead atoms. The van der Waals surface area contributed by atoms with E-state index in [4.69, 9.17) is 0 Å². The van der Waals surface area contributed by atoms with Crippen LogP contribution in [-0.4, -0.2) is 68.5 Å². The minimum absolute atomic E-state index is 0.123. The molecule has 0 saturated carbocycles. The van der Waals surface area contributed by atoms with Gasteiger partial charge in [-0.05, 0) is 50.7 Å². The lowest BCUT2D eigenvalue weighted by molar-refractivity contribution is -0.133. The first-order valence-corrected chi connectivity index (χ1v) is 12.4. The van der Waals surface area contributed by atoms with Gasteiger partial charge in [-0.15, -0.1) is 0 Å². The molecule has 4 atom stereocenters. The van der Waals surface area contributed by atoms with Gasteiger partial charge in [0, 0.05) is 12.1 Å². The van der Waals surface area contributed by atoms with Crippen LogP contribution in [0.1, 0.15) is 45.7 Å². The monoisotopic (exact) mass is 481 g/mol. The summed E-state index contributed by atoms with van der Waals surface area (Å²) in [5.74, 6) is -0.0675. The third kappa shape index (κ3) is 6.41. The average molecular weight is 482 g/mol. The van der Waals surface area contributed by atoms with Crippen LogP contribution in [0.5, 0.6) is 0 Å². The molecule has 1 unspecified atom stereocenters. The second kappa shape index (κ2) is 11.2. The van der Waals surface area contributed by atoms with Gasteiger partial charge in [-0.1, -0.05) is 74.5 Å². The summed E-state index contributed by atoms with van der Waals surface area (Å²) < 4.78 is 0. The Bertz CT molecular complexity index is 975. The Labute approximate surface area is 208 Å². The molecule has 0 aromatic heterocycles. The van der Waals surface area contributed by atoms with Crippen molar-refractivity contribution in [3.63, 3.8) is 0 Å². The summed E-state index contributed by atoms with van der Waals surface area (Å²) in [5, 5.41) is 25.1. The van der Waals surface area contributed by atoms with Crippen LogP contribution in [0.25, 0.3) is 0 Å². The van der Waals surface area contributed by atoms with Gasteiger partial charge in [0.05, 0.1) is 18.3 Å². The van der Waals surface area contributed by atoms with E-state index >= 15 is 0 Å². The van der Waals surface area contributed by atoms with Crippen LogP contribution < -0.4 is 5.32 Å². The Hall–Kier alpha value is -2.90. The number of aliphatic hydroxyl groups is 1. The van der Waals surface area contributed by atoms with Crippen LogP contribution in [0.3, 0.4) is 0 Å². The molecular formula is C28H39N3O4. The van der Waals surface area contributed by atoms with E-state index in [2.05, 4.69) is 5.32 Å². The van der Waals surface area contributed by atoms with Crippen LogP contribution in [0, 0.1) is 5.92 Å². The summed E-state index contributed by atoms with van der Waals surface area (Å²) in [4.78, 5) is 29.1. The van der Waals surface area contributed by atoms with Crippen molar-refractivity contribution in [2.24, 2.45) is 5.92 Å². The van der Waals surface area contributed by atoms with E-state index in [1.165, 1.54) is 4.90 Å². The first-order valence-electron chi connectivity index (χ1n) is 12.4. The summed E-state index contributed by atoms with van der Waals surface area (Å²) >= 11 is 0. The Balaban J connectivity index is 1.89. The van der Waals surface area contributed by atoms with Crippen LogP contribution in [-0.2, 0) is 17.6 Å². The van der Waals surface area contributed by atoms with Crippen molar-refractivity contribution in [3.8, 4) is 0 Å². The van der Waals surface area contributed by atoms with Crippen molar-refractivity contribution in [2.45, 2.75) is 77.4 Å². The summed E-state index contributed by atoms with van der Waals surface area (Å²) in [7, 11) is 0. The fourth-order valence-corrected chi connectivity index (χ4v) is 4.97. The van der Waals surface area contributed by atoms with Gasteiger partial charge in [0.2, 0.25) is 5.91 Å². The first-order chi connectivity index (χ1) is 16.5. The maximum absolute atomic E-state index is 13.6. The lowest BCUT2D eigenvalue weighted by Crippen LogP contribution is -2.61. The third-order valence-corrected chi connectivity index (χ3v) is 6.63. The standard InChI is InChI=1S/C28H39N3O4/c1-19(2)25-29-23(26(33)30(25)17-16-20-12-8-6-9-13-20)24(32)22(18-21-14-10-7-11-15-21)31(27(34)35)28(3,4)5/h6-15,19,22-25,29,32H,16-18H2,1-5H3,(H,34,35)/t22-,23-,24+,25?/m0/s1. The molecule has 7 heteroatoms. The number of carbonyl (C=O) groups excluding carboxylic acids is 1. The normalized spacial score (nSPS) is 20.2. The Kier molecular flexibility index (Phi) is 8.56. The number of benzene rings is 2. The summed E-state index contributed by atoms with van der Waals surface area (Å²) in [6.07, 6.45) is -1.58. The molecular weight excluding hydrogens is 442 g/mol. The maximum atomic E-state index is 13.6. The summed E-state index contributed by atoms with van der Waals surface area (Å²) in [6.45, 7) is 10.0. The van der Waals surface area contributed by atoms with Gasteiger partial charge < -0.3 is 15.1 Å². The SMILES string of the molecule is CC(C)C1N[C@@H]([C@H](O)[C@H](Cc2ccccc2)N(C(=O)O)C(C)(C)C)C(=O)N1CCc1ccccc1. The van der Waals surface area contributed by atoms with Crippen LogP contribution in [0.4, 0.5) is 4.79 Å². The number of carboxylic acid groups (broad SMARTS) is 1. The number of hydrogen-bond donors (Lipinski definition) is 3. The lowest BCUT2D eigenvalue weighted by atomic mass is 9.91. The van der Waals surface area contributed by atoms with E-state index in [0.29, 0.717) is 19.4 Å². The van der Waals surface area contributed by atoms with Gasteiger partial charge in [-0.2, -0.15) is 0 Å². The molecule has 2 aromatic rings. The fraction of sp³-hybridized carbons (Fsp3) is 0.500. The molecule has 0 radical (unpaired) electrons. The zero-order valence-electron chi connectivity index (χ0n) is 21.4. The van der Waals surface area contributed by atoms with Gasteiger partial charge >= 0.3 is 6.09 Å². The van der Waals surface area contributed by atoms with E-state index in [1.807, 2.05) is 74.5 Å². The van der Waals surface area contributed by atoms with Gasteiger partial charge in [-0.25, -0.2) is 4.79 Å². The molecule has 2 amide bonds. The quantitative estimate of drug-likeness (QED) is 0.507. The van der Waals surface area contributed by atoms with Crippen LogP contribution in [0.2, 0.25) is 0 Å². The number of amides is 2. The molecule has 1 saturated heterocycles. The van der Waals surface area contributed by atoms with E-state index in [-0.39, 0.29) is 18.0 Å². The van der Waals surface area contributed by atoms with E-state index in [9.17, 15) is 19.8 Å². The minimum Gasteiger partial charge on any atom is -0.465 e. The number of carbonyl (C=O) groups is 2. The largest absolute Gasteiger partial charge is 0.465 e. The van der Waals surface area contributed by atoms with E-state index in [1.54, 1.807) is 25.7 Å². The highest BCUT2D eigenvalue weighted by Crippen LogP contribution is 2.28. The molecule has 35 heavy (non-hydrogen) atoms. The lowest BCUT2D eigenvalue weighted by Gasteiger charge is -2.42. The van der Waals surface area contributed by atoms with Crippen molar-refractivity contribution >= 4 is 12.0 Å². The number of hydrogen-bond acceptors (Lipinski definition) is 4. The second-order valence-corrected chi connectivity index (χ2v) is 10.7. The fourth-order valence-electron chi connectivity index (χ4n) is 4.97. The second-order valence-electron chi connectivity index (χ2n) is 10.7. The molecule has 2 aromatic carbocycles. The highest BCUT2D eigenvalue weighted by atomic mass is 16.4. The minimum atomic E-state index is -1.22. The van der Waals surface area contributed by atoms with E-state index < -0.39 is 29.8 Å². The molecule has 7 nitrogen and oxygen atoms in total. The van der Waals surface area contributed by atoms with Gasteiger partial charge in [0.15, 0.2) is 0 Å². The van der Waals surface area contributed by atoms with Gasteiger partial charge in [-0.3, -0.25) is 15.0 Å². The van der Waals surface area contributed by atoms with Crippen molar-refractivity contribution in [3.05, 3.63) is 71.8 Å². The Morgan fingerprint density at radius 2 is 1.57 bits per heavy atom. The van der Waals surface area contributed by atoms with Gasteiger partial charge in [0.25, 0.3) is 0 Å². The highest BCUT2D eigenvalue weighted by Gasteiger charge is 2.48. The molecule has 1 aliphatic heterocycles. The first kappa shape index (κ1) is 26.7. The molecule has 190 valence electrons. The van der Waals surface area contributed by atoms with Gasteiger partial charge in [0.1, 0.15) is 6.04 Å². The van der Waals surface area contributed by atoms with Crippen molar-refractivity contribution in [1.29, 1.82) is 0 Å². The third-order valence-electron chi connectivity index (χ3n) is 6.63. The number of nitrogens with one attached hydrogen (secondary N) is 1. The van der Waals surface area contributed by atoms with Crippen molar-refractivity contribution < 1.29 is 19.8 Å². The average Bonchev–Trinajstić information content (AvgIpc) is 3.13. The van der Waals surface area contributed by atoms with E-state index in [0.717, 1.165) is 11.1 Å². The molecule has 1 heterocycles. The molecule has 0 spiro atoms. The maximum Gasteiger partial charge on any atom is 0.408 e. The predicted octanol–water partition coefficient (Wildman–Crippen LogP) is 3.76. The van der Waals surface area contributed by atoms with Crippen LogP contribution >= 0.6 is 0 Å². The smallest absolute Gasteiger partial charge is 0.408 e. The summed E-state index contributed by atoms with van der Waals surface area (Å²) in [6, 6.07) is 17.8. The number of rotatable bonds is 9. The predicted molar refractivity (Wildman–Crippen MR) is 137 cm³/mol. The zero-order chi connectivity index (χ0) is 25.8. The Morgan fingerprint density at radius 1 is 1.03 bits per heavy atom. The molecule has 3 rings (SSSR count). The van der Waals surface area contributed by atoms with Crippen molar-refractivity contribution in [1.82, 2.24) is 15.1 Å². The molecule has 3 N–H and O–H groups in total. The molecule has 1 fully saturated rings. The highest BCUT2D eigenvalue weighted by molar-refractivity contribution is 5.85. The number of nitrogens with zero attached hydrogens (tertiary/aromatic N) is 2. The van der Waals surface area contributed by atoms with Crippen molar-refractivity contribution in [2.75, 3.05) is 6.54 Å². The Morgan fingerprint density at radius 3 is 2.06 bits per heavy atom. The van der Waals surface area contributed by atoms with Crippen LogP contribution in [0.15, 0.2) is 60.7 Å². The summed E-state index contributed by atoms with van der Waals surface area (Å²) in [5.41, 5.74) is 1.27. The topological polar surface area (TPSA) is 93.1 Å².